The van der Waals surface area contributed by atoms with Crippen LogP contribution in [0, 0.1) is 6.92 Å². The topological polar surface area (TPSA) is 23.1 Å². The summed E-state index contributed by atoms with van der Waals surface area (Å²) in [5.74, 6) is 0. The zero-order chi connectivity index (χ0) is 4.28. The van der Waals surface area contributed by atoms with Gasteiger partial charge in [-0.1, -0.05) is 6.92 Å². The quantitative estimate of drug-likeness (QED) is 0.230. The summed E-state index contributed by atoms with van der Waals surface area (Å²) < 4.78 is 0. The zero-order valence-electron chi connectivity index (χ0n) is 5.40. The molecule has 0 bridgehead atoms. The van der Waals surface area contributed by atoms with Crippen molar-refractivity contribution in [1.82, 2.24) is 0 Å². The van der Waals surface area contributed by atoms with Gasteiger partial charge in [-0.3, -0.25) is 0 Å². The normalized spacial score (nSPS) is 10.7. The minimum absolute atomic E-state index is 0. The Hall–Kier alpha value is 1.15. The van der Waals surface area contributed by atoms with Crippen LogP contribution in [0.1, 0.15) is 13.3 Å². The van der Waals surface area contributed by atoms with E-state index in [2.05, 4.69) is 6.92 Å². The average molecular weight is 86.0 g/mol. The molecule has 0 aliphatic rings. The monoisotopic (exact) mass is 86.1 g/mol. The molecule has 0 saturated carbocycles. The second kappa shape index (κ2) is 10.2. The maximum absolute atomic E-state index is 9.83. The van der Waals surface area contributed by atoms with Crippen molar-refractivity contribution in [2.24, 2.45) is 0 Å². The van der Waals surface area contributed by atoms with Gasteiger partial charge in [0, 0.05) is 0 Å². The summed E-state index contributed by atoms with van der Waals surface area (Å²) in [6, 6.07) is 0. The van der Waals surface area contributed by atoms with Gasteiger partial charge < -0.3 is 12.0 Å². The Balaban J connectivity index is -0.0000000800. The van der Waals surface area contributed by atoms with Crippen LogP contribution in [0.2, 0.25) is 0 Å². The molecule has 0 N–H and O–H groups in total. The van der Waals surface area contributed by atoms with Crippen LogP contribution in [0.25, 0.3) is 0 Å². The minimum atomic E-state index is -0.477. The molecule has 0 amide bonds. The van der Waals surface area contributed by atoms with Crippen molar-refractivity contribution in [3.8, 4) is 0 Å². The standard InChI is InChI=1S/C4H8O.2Li/c1-3-4(2)5;;/h4H,1,3H2,2H3;;/q-2;2*+1. The summed E-state index contributed by atoms with van der Waals surface area (Å²) >= 11 is 0. The van der Waals surface area contributed by atoms with Gasteiger partial charge in [-0.25, -0.2) is 0 Å². The van der Waals surface area contributed by atoms with Gasteiger partial charge in [0.15, 0.2) is 0 Å². The van der Waals surface area contributed by atoms with E-state index in [1.165, 1.54) is 0 Å². The molecule has 0 aliphatic carbocycles. The zero-order valence-corrected chi connectivity index (χ0v) is 5.40. The minimum Gasteiger partial charge on any atom is -0.854 e. The molecule has 0 saturated heterocycles. The number of hydrogen-bond acceptors (Lipinski definition) is 1. The molecule has 0 radical (unpaired) electrons. The van der Waals surface area contributed by atoms with E-state index >= 15 is 0 Å². The van der Waals surface area contributed by atoms with Crippen LogP contribution in [0.15, 0.2) is 0 Å². The molecule has 32 valence electrons. The molecular weight excluding hydrogens is 77.9 g/mol. The van der Waals surface area contributed by atoms with E-state index in [0.717, 1.165) is 0 Å². The van der Waals surface area contributed by atoms with Gasteiger partial charge in [-0.15, -0.1) is 0 Å². The largest absolute Gasteiger partial charge is 1.00 e. The Bertz CT molecular complexity index is 23.7. The number of hydrogen-bond donors (Lipinski definition) is 0. The van der Waals surface area contributed by atoms with E-state index in [1.807, 2.05) is 0 Å². The van der Waals surface area contributed by atoms with E-state index < -0.39 is 6.10 Å². The second-order valence-electron chi connectivity index (χ2n) is 1.10. The summed E-state index contributed by atoms with van der Waals surface area (Å²) in [5, 5.41) is 9.83. The van der Waals surface area contributed by atoms with E-state index in [-0.39, 0.29) is 37.7 Å². The van der Waals surface area contributed by atoms with Crippen LogP contribution in [-0.2, 0) is 0 Å². The van der Waals surface area contributed by atoms with Crippen molar-refractivity contribution in [3.63, 3.8) is 0 Å². The van der Waals surface area contributed by atoms with Crippen LogP contribution in [0.4, 0.5) is 0 Å². The Morgan fingerprint density at radius 2 is 1.71 bits per heavy atom. The Labute approximate surface area is 69.2 Å². The molecular formula is C4H8Li2O. The van der Waals surface area contributed by atoms with Crippen molar-refractivity contribution in [2.75, 3.05) is 0 Å². The van der Waals surface area contributed by atoms with Crippen molar-refractivity contribution in [2.45, 2.75) is 19.4 Å². The van der Waals surface area contributed by atoms with Crippen LogP contribution < -0.4 is 42.8 Å². The molecule has 0 aromatic rings. The van der Waals surface area contributed by atoms with Gasteiger partial charge in [-0.05, 0) is 0 Å². The third-order valence-corrected chi connectivity index (χ3v) is 0.407. The third kappa shape index (κ3) is 19.1. The molecule has 0 fully saturated rings. The van der Waals surface area contributed by atoms with Crippen molar-refractivity contribution < 1.29 is 42.8 Å². The van der Waals surface area contributed by atoms with Crippen LogP contribution in [-0.4, -0.2) is 6.10 Å². The van der Waals surface area contributed by atoms with Gasteiger partial charge in [0.25, 0.3) is 0 Å². The van der Waals surface area contributed by atoms with Gasteiger partial charge in [0.2, 0.25) is 0 Å². The molecule has 0 spiro atoms. The SMILES string of the molecule is [CH2-]CC(C)[O-].[Li+].[Li+]. The summed E-state index contributed by atoms with van der Waals surface area (Å²) in [6.45, 7) is 4.98. The first-order valence-electron chi connectivity index (χ1n) is 1.72. The van der Waals surface area contributed by atoms with Crippen molar-refractivity contribution in [3.05, 3.63) is 6.92 Å². The second-order valence-corrected chi connectivity index (χ2v) is 1.10. The van der Waals surface area contributed by atoms with E-state index in [1.54, 1.807) is 6.92 Å². The Morgan fingerprint density at radius 1 is 1.57 bits per heavy atom. The molecule has 0 aromatic carbocycles. The molecule has 0 aliphatic heterocycles. The van der Waals surface area contributed by atoms with E-state index in [9.17, 15) is 5.11 Å². The summed E-state index contributed by atoms with van der Waals surface area (Å²) in [5.41, 5.74) is 0. The molecule has 1 unspecified atom stereocenters. The maximum Gasteiger partial charge on any atom is 1.00 e. The predicted molar refractivity (Wildman–Crippen MR) is 19.4 cm³/mol. The fourth-order valence-electron chi connectivity index (χ4n) is 0. The summed E-state index contributed by atoms with van der Waals surface area (Å²) in [6.07, 6.45) is 0.0231. The number of rotatable bonds is 1. The van der Waals surface area contributed by atoms with E-state index in [4.69, 9.17) is 0 Å². The van der Waals surface area contributed by atoms with Crippen molar-refractivity contribution in [1.29, 1.82) is 0 Å². The fraction of sp³-hybridized carbons (Fsp3) is 0.750. The molecule has 0 aromatic heterocycles. The van der Waals surface area contributed by atoms with Gasteiger partial charge >= 0.3 is 37.7 Å². The molecule has 1 atom stereocenters. The first-order chi connectivity index (χ1) is 2.27. The Kier molecular flexibility index (Phi) is 22.9. The molecule has 0 rings (SSSR count). The molecule has 0 heterocycles. The average Bonchev–Trinajstić information content (AvgIpc) is 1.38. The summed E-state index contributed by atoms with van der Waals surface area (Å²) in [4.78, 5) is 0. The first kappa shape index (κ1) is 15.7. The fourth-order valence-corrected chi connectivity index (χ4v) is 0. The van der Waals surface area contributed by atoms with Gasteiger partial charge in [0.05, 0.1) is 0 Å². The first-order valence-corrected chi connectivity index (χ1v) is 1.72. The Morgan fingerprint density at radius 3 is 1.71 bits per heavy atom. The van der Waals surface area contributed by atoms with Gasteiger partial charge in [-0.2, -0.15) is 12.5 Å². The smallest absolute Gasteiger partial charge is 0.854 e. The van der Waals surface area contributed by atoms with Crippen LogP contribution in [0.3, 0.4) is 0 Å². The van der Waals surface area contributed by atoms with Gasteiger partial charge in [0.1, 0.15) is 0 Å². The van der Waals surface area contributed by atoms with Crippen LogP contribution in [0.5, 0.6) is 0 Å². The molecule has 3 heteroatoms. The molecule has 7 heavy (non-hydrogen) atoms. The third-order valence-electron chi connectivity index (χ3n) is 0.407. The predicted octanol–water partition coefficient (Wildman–Crippen LogP) is -6.03. The summed E-state index contributed by atoms with van der Waals surface area (Å²) in [7, 11) is 0. The van der Waals surface area contributed by atoms with Crippen molar-refractivity contribution >= 4 is 0 Å². The van der Waals surface area contributed by atoms with Crippen LogP contribution >= 0.6 is 0 Å². The molecule has 1 nitrogen and oxygen atoms in total. The van der Waals surface area contributed by atoms with E-state index in [0.29, 0.717) is 6.42 Å². The maximum atomic E-state index is 9.83.